The quantitative estimate of drug-likeness (QED) is 0.362. The number of rotatable bonds is 8. The van der Waals surface area contributed by atoms with Crippen molar-refractivity contribution in [2.75, 3.05) is 19.6 Å². The maximum absolute atomic E-state index is 11.6. The molecule has 5 nitrogen and oxygen atoms in total. The number of carboxylic acids is 1. The van der Waals surface area contributed by atoms with E-state index in [1.165, 1.54) is 11.1 Å². The molecule has 2 heterocycles. The van der Waals surface area contributed by atoms with Crippen LogP contribution in [0.2, 0.25) is 0 Å². The van der Waals surface area contributed by atoms with Crippen molar-refractivity contribution in [2.45, 2.75) is 31.7 Å². The van der Waals surface area contributed by atoms with E-state index in [0.29, 0.717) is 18.0 Å². The summed E-state index contributed by atoms with van der Waals surface area (Å²) < 4.78 is 2.04. The molecule has 4 aromatic rings. The van der Waals surface area contributed by atoms with Crippen LogP contribution in [0.15, 0.2) is 91.0 Å². The SMILES string of the molecule is O=C(O)c1cccc(-c2cc(C3CCN(CCc4ccccc4)CC3)nn2Cc2ccccc2)c1. The Balaban J connectivity index is 1.33. The Kier molecular flexibility index (Phi) is 7.05. The molecule has 1 aliphatic rings. The van der Waals surface area contributed by atoms with Crippen LogP contribution in [-0.4, -0.2) is 45.4 Å². The largest absolute Gasteiger partial charge is 0.478 e. The van der Waals surface area contributed by atoms with Crippen LogP contribution < -0.4 is 0 Å². The number of carboxylic acid groups (broad SMARTS) is 1. The topological polar surface area (TPSA) is 58.4 Å². The number of benzene rings is 3. The molecule has 178 valence electrons. The van der Waals surface area contributed by atoms with Crippen molar-refractivity contribution in [1.82, 2.24) is 14.7 Å². The van der Waals surface area contributed by atoms with E-state index in [1.54, 1.807) is 12.1 Å². The number of aromatic carboxylic acids is 1. The molecule has 0 atom stereocenters. The number of aromatic nitrogens is 2. The maximum Gasteiger partial charge on any atom is 0.335 e. The van der Waals surface area contributed by atoms with Gasteiger partial charge in [-0.3, -0.25) is 4.68 Å². The van der Waals surface area contributed by atoms with Crippen LogP contribution in [0.5, 0.6) is 0 Å². The lowest BCUT2D eigenvalue weighted by Gasteiger charge is -2.31. The van der Waals surface area contributed by atoms with E-state index in [2.05, 4.69) is 53.4 Å². The van der Waals surface area contributed by atoms with Crippen LogP contribution in [0.1, 0.15) is 45.9 Å². The van der Waals surface area contributed by atoms with Gasteiger partial charge in [0.1, 0.15) is 0 Å². The summed E-state index contributed by atoms with van der Waals surface area (Å²) in [5.41, 5.74) is 5.83. The van der Waals surface area contributed by atoms with Crippen LogP contribution in [0.25, 0.3) is 11.3 Å². The van der Waals surface area contributed by atoms with Crippen LogP contribution in [0.4, 0.5) is 0 Å². The van der Waals surface area contributed by atoms with Crippen LogP contribution in [-0.2, 0) is 13.0 Å². The monoisotopic (exact) mass is 465 g/mol. The third-order valence-electron chi connectivity index (χ3n) is 6.94. The number of nitrogens with zero attached hydrogens (tertiary/aromatic N) is 3. The molecule has 1 N–H and O–H groups in total. The standard InChI is InChI=1S/C30H31N3O2/c34-30(35)27-13-7-12-26(20-27)29-21-28(31-33(29)22-24-10-5-2-6-11-24)25-15-18-32(19-16-25)17-14-23-8-3-1-4-9-23/h1-13,20-21,25H,14-19,22H2,(H,34,35). The molecule has 35 heavy (non-hydrogen) atoms. The van der Waals surface area contributed by atoms with E-state index in [1.807, 2.05) is 35.0 Å². The van der Waals surface area contributed by atoms with Gasteiger partial charge in [-0.2, -0.15) is 5.10 Å². The first-order valence-corrected chi connectivity index (χ1v) is 12.4. The molecule has 0 spiro atoms. The van der Waals surface area contributed by atoms with Crippen LogP contribution >= 0.6 is 0 Å². The van der Waals surface area contributed by atoms with Crippen LogP contribution in [0, 0.1) is 0 Å². The minimum atomic E-state index is -0.913. The smallest absolute Gasteiger partial charge is 0.335 e. The van der Waals surface area contributed by atoms with E-state index in [4.69, 9.17) is 5.10 Å². The van der Waals surface area contributed by atoms with E-state index in [-0.39, 0.29) is 0 Å². The zero-order valence-electron chi connectivity index (χ0n) is 19.9. The summed E-state index contributed by atoms with van der Waals surface area (Å²) in [4.78, 5) is 14.1. The molecular formula is C30H31N3O2. The molecule has 5 heteroatoms. The Morgan fingerprint density at radius 3 is 2.23 bits per heavy atom. The summed E-state index contributed by atoms with van der Waals surface area (Å²) in [6.45, 7) is 3.90. The Morgan fingerprint density at radius 1 is 0.857 bits per heavy atom. The second-order valence-corrected chi connectivity index (χ2v) is 9.34. The summed E-state index contributed by atoms with van der Waals surface area (Å²) in [7, 11) is 0. The van der Waals surface area contributed by atoms with Gasteiger partial charge in [0.15, 0.2) is 0 Å². The number of hydrogen-bond acceptors (Lipinski definition) is 3. The van der Waals surface area contributed by atoms with E-state index in [9.17, 15) is 9.90 Å². The number of carbonyl (C=O) groups is 1. The van der Waals surface area contributed by atoms with Crippen molar-refractivity contribution in [3.8, 4) is 11.3 Å². The van der Waals surface area contributed by atoms with Crippen molar-refractivity contribution >= 4 is 5.97 Å². The molecule has 1 aromatic heterocycles. The van der Waals surface area contributed by atoms with E-state index >= 15 is 0 Å². The number of hydrogen-bond donors (Lipinski definition) is 1. The molecule has 1 aliphatic heterocycles. The lowest BCUT2D eigenvalue weighted by molar-refractivity contribution is 0.0697. The normalized spacial score (nSPS) is 14.7. The van der Waals surface area contributed by atoms with Crippen molar-refractivity contribution in [3.63, 3.8) is 0 Å². The Bertz CT molecular complexity index is 1260. The zero-order valence-corrected chi connectivity index (χ0v) is 19.9. The van der Waals surface area contributed by atoms with Gasteiger partial charge in [0.25, 0.3) is 0 Å². The molecule has 0 radical (unpaired) electrons. The first-order valence-electron chi connectivity index (χ1n) is 12.4. The molecule has 1 fully saturated rings. The number of likely N-dealkylation sites (tertiary alicyclic amines) is 1. The fourth-order valence-corrected chi connectivity index (χ4v) is 4.94. The summed E-state index contributed by atoms with van der Waals surface area (Å²) in [5, 5.41) is 14.5. The predicted molar refractivity (Wildman–Crippen MR) is 139 cm³/mol. The highest BCUT2D eigenvalue weighted by Crippen LogP contribution is 2.31. The van der Waals surface area contributed by atoms with Crippen LogP contribution in [0.3, 0.4) is 0 Å². The lowest BCUT2D eigenvalue weighted by atomic mass is 9.93. The molecule has 0 unspecified atom stereocenters. The zero-order chi connectivity index (χ0) is 24.0. The van der Waals surface area contributed by atoms with Crippen molar-refractivity contribution in [3.05, 3.63) is 113 Å². The average molecular weight is 466 g/mol. The first-order chi connectivity index (χ1) is 17.2. The fourth-order valence-electron chi connectivity index (χ4n) is 4.94. The van der Waals surface area contributed by atoms with Gasteiger partial charge in [-0.1, -0.05) is 72.8 Å². The molecular weight excluding hydrogens is 434 g/mol. The van der Waals surface area contributed by atoms with Gasteiger partial charge < -0.3 is 10.0 Å². The molecule has 0 saturated carbocycles. The third kappa shape index (κ3) is 5.69. The summed E-state index contributed by atoms with van der Waals surface area (Å²) in [6, 6.07) is 30.3. The van der Waals surface area contributed by atoms with Crippen molar-refractivity contribution < 1.29 is 9.90 Å². The highest BCUT2D eigenvalue weighted by atomic mass is 16.4. The number of piperidine rings is 1. The summed E-state index contributed by atoms with van der Waals surface area (Å²) >= 11 is 0. The van der Waals surface area contributed by atoms with Gasteiger partial charge in [0.2, 0.25) is 0 Å². The fraction of sp³-hybridized carbons (Fsp3) is 0.267. The van der Waals surface area contributed by atoms with Gasteiger partial charge in [0, 0.05) is 18.0 Å². The lowest BCUT2D eigenvalue weighted by Crippen LogP contribution is -2.34. The summed E-state index contributed by atoms with van der Waals surface area (Å²) in [6.07, 6.45) is 3.26. The predicted octanol–water partition coefficient (Wildman–Crippen LogP) is 5.72. The second kappa shape index (κ2) is 10.7. The molecule has 3 aromatic carbocycles. The van der Waals surface area contributed by atoms with Crippen molar-refractivity contribution in [2.24, 2.45) is 0 Å². The maximum atomic E-state index is 11.6. The highest BCUT2D eigenvalue weighted by molar-refractivity contribution is 5.89. The third-order valence-corrected chi connectivity index (χ3v) is 6.94. The Morgan fingerprint density at radius 2 is 1.54 bits per heavy atom. The van der Waals surface area contributed by atoms with Gasteiger partial charge >= 0.3 is 5.97 Å². The molecule has 0 amide bonds. The minimum absolute atomic E-state index is 0.295. The Hall–Kier alpha value is -3.70. The molecule has 0 bridgehead atoms. The molecule has 5 rings (SSSR count). The molecule has 0 aliphatic carbocycles. The van der Waals surface area contributed by atoms with E-state index in [0.717, 1.165) is 55.8 Å². The highest BCUT2D eigenvalue weighted by Gasteiger charge is 2.24. The Labute approximate surface area is 206 Å². The minimum Gasteiger partial charge on any atom is -0.478 e. The van der Waals surface area contributed by atoms with Gasteiger partial charge in [-0.05, 0) is 61.7 Å². The van der Waals surface area contributed by atoms with Crippen molar-refractivity contribution in [1.29, 1.82) is 0 Å². The van der Waals surface area contributed by atoms with E-state index < -0.39 is 5.97 Å². The van der Waals surface area contributed by atoms with Gasteiger partial charge in [0.05, 0.1) is 23.5 Å². The second-order valence-electron chi connectivity index (χ2n) is 9.34. The summed E-state index contributed by atoms with van der Waals surface area (Å²) in [5.74, 6) is -0.495. The average Bonchev–Trinajstić information content (AvgIpc) is 3.33. The molecule has 1 saturated heterocycles. The van der Waals surface area contributed by atoms with Gasteiger partial charge in [-0.15, -0.1) is 0 Å². The van der Waals surface area contributed by atoms with Gasteiger partial charge in [-0.25, -0.2) is 4.79 Å². The first kappa shape index (κ1) is 23.1.